The second-order valence-electron chi connectivity index (χ2n) is 5.87. The monoisotopic (exact) mass is 366 g/mol. The number of nitrogens with one attached hydrogen (secondary N) is 2. The lowest BCUT2D eigenvalue weighted by Gasteiger charge is -2.29. The summed E-state index contributed by atoms with van der Waals surface area (Å²) >= 11 is 2.23. The molecule has 1 aliphatic carbocycles. The average Bonchev–Trinajstić information content (AvgIpc) is 3.17. The summed E-state index contributed by atoms with van der Waals surface area (Å²) in [5.74, 6) is -0.220. The number of aromatic nitrogens is 4. The van der Waals surface area contributed by atoms with Crippen molar-refractivity contribution < 1.29 is 9.59 Å². The fourth-order valence-electron chi connectivity index (χ4n) is 2.76. The fourth-order valence-corrected chi connectivity index (χ4v) is 3.88. The zero-order valence-corrected chi connectivity index (χ0v) is 15.0. The van der Waals surface area contributed by atoms with Gasteiger partial charge in [0.1, 0.15) is 9.75 Å². The quantitative estimate of drug-likeness (QED) is 0.848. The van der Waals surface area contributed by atoms with Crippen LogP contribution in [0.2, 0.25) is 0 Å². The highest BCUT2D eigenvalue weighted by Crippen LogP contribution is 2.21. The van der Waals surface area contributed by atoms with Gasteiger partial charge in [-0.25, -0.2) is 0 Å². The molecular formula is C14H18N6O2S2. The van der Waals surface area contributed by atoms with E-state index in [2.05, 4.69) is 29.8 Å². The molecule has 2 N–H and O–H groups in total. The Hall–Kier alpha value is -1.94. The summed E-state index contributed by atoms with van der Waals surface area (Å²) in [4.78, 5) is 25.5. The summed E-state index contributed by atoms with van der Waals surface area (Å²) in [6.45, 7) is 3.56. The van der Waals surface area contributed by atoms with E-state index in [0.29, 0.717) is 21.1 Å². The molecule has 0 bridgehead atoms. The first-order chi connectivity index (χ1) is 11.5. The van der Waals surface area contributed by atoms with Gasteiger partial charge < -0.3 is 10.6 Å². The fraction of sp³-hybridized carbons (Fsp3) is 0.571. The lowest BCUT2D eigenvalue weighted by atomic mass is 9.91. The van der Waals surface area contributed by atoms with Crippen LogP contribution in [0.25, 0.3) is 0 Å². The van der Waals surface area contributed by atoms with Gasteiger partial charge in [-0.1, -0.05) is 8.98 Å². The Bertz CT molecular complexity index is 673. The van der Waals surface area contributed by atoms with E-state index in [1.54, 1.807) is 13.8 Å². The van der Waals surface area contributed by atoms with Crippen molar-refractivity contribution in [3.8, 4) is 0 Å². The minimum atomic E-state index is -0.110. The van der Waals surface area contributed by atoms with E-state index in [-0.39, 0.29) is 23.9 Å². The number of aryl methyl sites for hydroxylation is 2. The smallest absolute Gasteiger partial charge is 0.265 e. The maximum absolute atomic E-state index is 12.2. The first-order valence-corrected chi connectivity index (χ1v) is 9.29. The minimum Gasteiger partial charge on any atom is -0.348 e. The molecule has 0 unspecified atom stereocenters. The number of rotatable bonds is 4. The van der Waals surface area contributed by atoms with Crippen molar-refractivity contribution in [2.75, 3.05) is 0 Å². The lowest BCUT2D eigenvalue weighted by Crippen LogP contribution is -2.43. The molecule has 1 aliphatic rings. The molecule has 8 nitrogen and oxygen atoms in total. The zero-order chi connectivity index (χ0) is 17.1. The maximum atomic E-state index is 12.2. The predicted molar refractivity (Wildman–Crippen MR) is 90.3 cm³/mol. The van der Waals surface area contributed by atoms with Crippen LogP contribution in [0.15, 0.2) is 0 Å². The van der Waals surface area contributed by atoms with Crippen LogP contribution in [0.4, 0.5) is 0 Å². The number of nitrogens with zero attached hydrogens (tertiary/aromatic N) is 4. The summed E-state index contributed by atoms with van der Waals surface area (Å²) < 4.78 is 7.57. The summed E-state index contributed by atoms with van der Waals surface area (Å²) in [6.07, 6.45) is 3.34. The topological polar surface area (TPSA) is 110 Å². The van der Waals surface area contributed by atoms with E-state index in [9.17, 15) is 9.59 Å². The number of carbonyl (C=O) groups is 2. The summed E-state index contributed by atoms with van der Waals surface area (Å²) in [5, 5.41) is 13.8. The molecule has 10 heteroatoms. The van der Waals surface area contributed by atoms with Gasteiger partial charge in [0, 0.05) is 12.1 Å². The van der Waals surface area contributed by atoms with Crippen LogP contribution in [-0.4, -0.2) is 43.1 Å². The largest absolute Gasteiger partial charge is 0.348 e. The van der Waals surface area contributed by atoms with Gasteiger partial charge in [0.05, 0.1) is 11.4 Å². The highest BCUT2D eigenvalue weighted by atomic mass is 32.1. The molecule has 1 fully saturated rings. The van der Waals surface area contributed by atoms with Crippen LogP contribution in [0.1, 0.15) is 56.4 Å². The van der Waals surface area contributed by atoms with Crippen LogP contribution < -0.4 is 10.6 Å². The van der Waals surface area contributed by atoms with Crippen molar-refractivity contribution in [3.63, 3.8) is 0 Å². The molecular weight excluding hydrogens is 348 g/mol. The van der Waals surface area contributed by atoms with Gasteiger partial charge in [-0.15, -0.1) is 10.2 Å². The Morgan fingerprint density at radius 3 is 1.50 bits per heavy atom. The molecule has 128 valence electrons. The molecule has 2 aromatic heterocycles. The molecule has 0 aromatic carbocycles. The molecule has 2 aromatic rings. The van der Waals surface area contributed by atoms with Crippen LogP contribution in [-0.2, 0) is 0 Å². The highest BCUT2D eigenvalue weighted by molar-refractivity contribution is 7.08. The van der Waals surface area contributed by atoms with Gasteiger partial charge >= 0.3 is 0 Å². The van der Waals surface area contributed by atoms with Gasteiger partial charge in [-0.3, -0.25) is 9.59 Å². The third kappa shape index (κ3) is 3.75. The second-order valence-corrected chi connectivity index (χ2v) is 7.38. The van der Waals surface area contributed by atoms with Gasteiger partial charge in [0.15, 0.2) is 0 Å². The second kappa shape index (κ2) is 7.31. The van der Waals surface area contributed by atoms with Gasteiger partial charge in [0.25, 0.3) is 11.8 Å². The summed E-state index contributed by atoms with van der Waals surface area (Å²) in [5.41, 5.74) is 1.32. The van der Waals surface area contributed by atoms with Crippen molar-refractivity contribution in [2.24, 2.45) is 0 Å². The molecule has 2 heterocycles. The first-order valence-electron chi connectivity index (χ1n) is 7.74. The number of hydrogen-bond acceptors (Lipinski definition) is 8. The van der Waals surface area contributed by atoms with Crippen molar-refractivity contribution in [2.45, 2.75) is 51.6 Å². The number of amides is 2. The molecule has 0 radical (unpaired) electrons. The maximum Gasteiger partial charge on any atom is 0.265 e. The Balaban J connectivity index is 1.48. The lowest BCUT2D eigenvalue weighted by molar-refractivity contribution is 0.0895. The van der Waals surface area contributed by atoms with E-state index in [4.69, 9.17) is 0 Å². The van der Waals surface area contributed by atoms with Crippen molar-refractivity contribution >= 4 is 34.9 Å². The number of carbonyl (C=O) groups excluding carboxylic acids is 2. The summed E-state index contributed by atoms with van der Waals surface area (Å²) in [6, 6.07) is 0.248. The predicted octanol–water partition coefficient (Wildman–Crippen LogP) is 1.48. The average molecular weight is 366 g/mol. The van der Waals surface area contributed by atoms with E-state index >= 15 is 0 Å². The Labute approximate surface area is 147 Å². The van der Waals surface area contributed by atoms with E-state index in [0.717, 1.165) is 48.7 Å². The normalized spacial score (nSPS) is 20.6. The summed E-state index contributed by atoms with van der Waals surface area (Å²) in [7, 11) is 0. The third-order valence-corrected chi connectivity index (χ3v) is 5.77. The van der Waals surface area contributed by atoms with E-state index in [1.165, 1.54) is 0 Å². The van der Waals surface area contributed by atoms with Gasteiger partial charge in [0.2, 0.25) is 0 Å². The molecule has 1 saturated carbocycles. The minimum absolute atomic E-state index is 0.110. The molecule has 0 spiro atoms. The van der Waals surface area contributed by atoms with Crippen molar-refractivity contribution in [3.05, 3.63) is 21.1 Å². The molecule has 24 heavy (non-hydrogen) atoms. The zero-order valence-electron chi connectivity index (χ0n) is 13.4. The molecule has 3 rings (SSSR count). The Kier molecular flexibility index (Phi) is 5.14. The van der Waals surface area contributed by atoms with E-state index < -0.39 is 0 Å². The van der Waals surface area contributed by atoms with Crippen molar-refractivity contribution in [1.82, 2.24) is 29.8 Å². The molecule has 0 saturated heterocycles. The SMILES string of the molecule is Cc1nnsc1C(=O)NC1CCC(NC(=O)c2snnc2C)CC1. The Morgan fingerprint density at radius 1 is 0.833 bits per heavy atom. The Morgan fingerprint density at radius 2 is 1.21 bits per heavy atom. The van der Waals surface area contributed by atoms with Gasteiger partial charge in [-0.2, -0.15) is 0 Å². The van der Waals surface area contributed by atoms with Crippen molar-refractivity contribution in [1.29, 1.82) is 0 Å². The first kappa shape index (κ1) is 16.9. The highest BCUT2D eigenvalue weighted by Gasteiger charge is 2.26. The molecule has 0 atom stereocenters. The van der Waals surface area contributed by atoms with Gasteiger partial charge in [-0.05, 0) is 62.6 Å². The third-order valence-electron chi connectivity index (χ3n) is 4.11. The molecule has 0 aliphatic heterocycles. The standard InChI is InChI=1S/C14H18N6O2S2/c1-7-11(23-19-17-7)13(21)15-9-3-5-10(6-4-9)16-14(22)12-8(2)18-20-24-12/h9-10H,3-6H2,1-2H3,(H,15,21)(H,16,22). The number of hydrogen-bond donors (Lipinski definition) is 2. The molecule has 2 amide bonds. The van der Waals surface area contributed by atoms with Crippen LogP contribution in [0.5, 0.6) is 0 Å². The van der Waals surface area contributed by atoms with Crippen LogP contribution in [0.3, 0.4) is 0 Å². The van der Waals surface area contributed by atoms with Crippen LogP contribution >= 0.6 is 23.1 Å². The van der Waals surface area contributed by atoms with Crippen LogP contribution in [0, 0.1) is 13.8 Å². The van der Waals surface area contributed by atoms with E-state index in [1.807, 2.05) is 0 Å².